The lowest BCUT2D eigenvalue weighted by Crippen LogP contribution is -2.47. The SMILES string of the molecule is Cc1ccc(C2=CC(C(=O)O)N(c3ccc4c(c3C(C)(C)C)OCC4(C)C)N2c2ccc(F)cc2)cc1. The number of ether oxygens (including phenoxy) is 1. The Kier molecular flexibility index (Phi) is 5.81. The van der Waals surface area contributed by atoms with Crippen molar-refractivity contribution in [2.45, 2.75) is 58.4 Å². The largest absolute Gasteiger partial charge is 0.492 e. The Morgan fingerprint density at radius 1 is 1.03 bits per heavy atom. The number of aryl methyl sites for hydroxylation is 1. The summed E-state index contributed by atoms with van der Waals surface area (Å²) < 4.78 is 20.2. The Labute approximate surface area is 217 Å². The molecule has 0 saturated heterocycles. The van der Waals surface area contributed by atoms with Crippen LogP contribution in [0.25, 0.3) is 5.70 Å². The molecule has 2 aliphatic heterocycles. The predicted molar refractivity (Wildman–Crippen MR) is 146 cm³/mol. The molecule has 2 heterocycles. The number of rotatable bonds is 4. The highest BCUT2D eigenvalue weighted by molar-refractivity contribution is 5.96. The molecule has 1 unspecified atom stereocenters. The molecular weight excluding hydrogens is 467 g/mol. The fourth-order valence-corrected chi connectivity index (χ4v) is 5.25. The molecule has 37 heavy (non-hydrogen) atoms. The number of carboxylic acid groups (broad SMARTS) is 1. The van der Waals surface area contributed by atoms with Crippen LogP contribution in [-0.4, -0.2) is 23.7 Å². The first-order chi connectivity index (χ1) is 17.4. The number of nitrogens with zero attached hydrogens (tertiary/aromatic N) is 2. The number of fused-ring (bicyclic) bond motifs is 1. The second-order valence-corrected chi connectivity index (χ2v) is 11.6. The van der Waals surface area contributed by atoms with Gasteiger partial charge in [0.15, 0.2) is 6.04 Å². The van der Waals surface area contributed by atoms with Crippen molar-refractivity contribution in [2.24, 2.45) is 0 Å². The molecule has 192 valence electrons. The van der Waals surface area contributed by atoms with Gasteiger partial charge in [0, 0.05) is 16.5 Å². The maximum Gasteiger partial charge on any atom is 0.332 e. The number of carboxylic acids is 1. The molecule has 6 heteroatoms. The van der Waals surface area contributed by atoms with Gasteiger partial charge in [0.25, 0.3) is 0 Å². The summed E-state index contributed by atoms with van der Waals surface area (Å²) in [5.41, 5.74) is 5.70. The van der Waals surface area contributed by atoms with Crippen LogP contribution in [-0.2, 0) is 15.6 Å². The second-order valence-electron chi connectivity index (χ2n) is 11.6. The highest BCUT2D eigenvalue weighted by Gasteiger charge is 2.44. The number of benzene rings is 3. The number of hydrazine groups is 1. The number of aliphatic carboxylic acids is 1. The van der Waals surface area contributed by atoms with E-state index in [1.807, 2.05) is 42.3 Å². The number of halogens is 1. The number of anilines is 2. The van der Waals surface area contributed by atoms with Crippen LogP contribution < -0.4 is 14.8 Å². The molecule has 3 aromatic rings. The molecule has 0 spiro atoms. The van der Waals surface area contributed by atoms with Gasteiger partial charge in [0.1, 0.15) is 11.6 Å². The van der Waals surface area contributed by atoms with Crippen molar-refractivity contribution in [2.75, 3.05) is 16.6 Å². The lowest BCUT2D eigenvalue weighted by molar-refractivity contribution is -0.137. The van der Waals surface area contributed by atoms with E-state index >= 15 is 0 Å². The smallest absolute Gasteiger partial charge is 0.332 e. The molecule has 0 bridgehead atoms. The van der Waals surface area contributed by atoms with Crippen molar-refractivity contribution in [3.05, 3.63) is 94.8 Å². The summed E-state index contributed by atoms with van der Waals surface area (Å²) >= 11 is 0. The quantitative estimate of drug-likeness (QED) is 0.425. The summed E-state index contributed by atoms with van der Waals surface area (Å²) in [7, 11) is 0. The van der Waals surface area contributed by atoms with Crippen LogP contribution >= 0.6 is 0 Å². The summed E-state index contributed by atoms with van der Waals surface area (Å²) in [5, 5.41) is 14.1. The monoisotopic (exact) mass is 500 g/mol. The molecule has 5 rings (SSSR count). The van der Waals surface area contributed by atoms with E-state index in [1.165, 1.54) is 12.1 Å². The van der Waals surface area contributed by atoms with Gasteiger partial charge in [-0.25, -0.2) is 9.18 Å². The van der Waals surface area contributed by atoms with Crippen LogP contribution in [0.3, 0.4) is 0 Å². The van der Waals surface area contributed by atoms with Gasteiger partial charge >= 0.3 is 5.97 Å². The maximum atomic E-state index is 13.9. The van der Waals surface area contributed by atoms with Gasteiger partial charge in [0.05, 0.1) is 23.7 Å². The number of carbonyl (C=O) groups is 1. The van der Waals surface area contributed by atoms with Crippen LogP contribution in [0.2, 0.25) is 0 Å². The van der Waals surface area contributed by atoms with Gasteiger partial charge in [-0.05, 0) is 54.3 Å². The standard InChI is InChI=1S/C31H33FN2O3/c1-19-7-9-20(10-8-19)25-17-26(29(35)36)34(33(25)22-13-11-21(32)12-14-22)24-16-15-23-28(27(24)30(2,3)4)37-18-31(23,5)6/h7-17,26H,18H2,1-6H3,(H,35,36). The van der Waals surface area contributed by atoms with Crippen molar-refractivity contribution in [3.8, 4) is 5.75 Å². The van der Waals surface area contributed by atoms with E-state index in [1.54, 1.807) is 23.2 Å². The molecule has 2 aliphatic rings. The zero-order valence-electron chi connectivity index (χ0n) is 22.2. The second kappa shape index (κ2) is 8.65. The van der Waals surface area contributed by atoms with Crippen LogP contribution in [0.5, 0.6) is 5.75 Å². The molecule has 0 aromatic heterocycles. The van der Waals surface area contributed by atoms with Crippen LogP contribution in [0, 0.1) is 12.7 Å². The van der Waals surface area contributed by atoms with E-state index in [-0.39, 0.29) is 16.6 Å². The van der Waals surface area contributed by atoms with Crippen molar-refractivity contribution >= 4 is 23.0 Å². The Bertz CT molecular complexity index is 1390. The lowest BCUT2D eigenvalue weighted by atomic mass is 9.79. The third-order valence-corrected chi connectivity index (χ3v) is 7.13. The van der Waals surface area contributed by atoms with Crippen LogP contribution in [0.4, 0.5) is 15.8 Å². The molecule has 3 aromatic carbocycles. The third kappa shape index (κ3) is 4.24. The van der Waals surface area contributed by atoms with Crippen molar-refractivity contribution < 1.29 is 19.0 Å². The minimum atomic E-state index is -0.977. The lowest BCUT2D eigenvalue weighted by Gasteiger charge is -2.39. The summed E-state index contributed by atoms with van der Waals surface area (Å²) in [6, 6.07) is 17.2. The average Bonchev–Trinajstić information content (AvgIpc) is 3.37. The normalized spacial score (nSPS) is 18.5. The average molecular weight is 501 g/mol. The molecule has 0 radical (unpaired) electrons. The van der Waals surface area contributed by atoms with Gasteiger partial charge < -0.3 is 9.84 Å². The maximum absolute atomic E-state index is 13.9. The first-order valence-electron chi connectivity index (χ1n) is 12.6. The van der Waals surface area contributed by atoms with E-state index in [0.717, 1.165) is 39.4 Å². The van der Waals surface area contributed by atoms with Crippen molar-refractivity contribution in [3.63, 3.8) is 0 Å². The molecule has 0 aliphatic carbocycles. The van der Waals surface area contributed by atoms with E-state index in [2.05, 4.69) is 40.7 Å². The van der Waals surface area contributed by atoms with Crippen LogP contribution in [0.1, 0.15) is 56.9 Å². The topological polar surface area (TPSA) is 53.0 Å². The molecular formula is C31H33FN2O3. The van der Waals surface area contributed by atoms with Gasteiger partial charge in [0.2, 0.25) is 0 Å². The fraction of sp³-hybridized carbons (Fsp3) is 0.323. The van der Waals surface area contributed by atoms with E-state index in [0.29, 0.717) is 12.3 Å². The van der Waals surface area contributed by atoms with Crippen molar-refractivity contribution in [1.82, 2.24) is 0 Å². The third-order valence-electron chi connectivity index (χ3n) is 7.13. The van der Waals surface area contributed by atoms with Gasteiger partial charge in [-0.15, -0.1) is 0 Å². The van der Waals surface area contributed by atoms with Gasteiger partial charge in [-0.2, -0.15) is 0 Å². The van der Waals surface area contributed by atoms with E-state index < -0.39 is 12.0 Å². The zero-order chi connectivity index (χ0) is 26.7. The first kappa shape index (κ1) is 24.9. The predicted octanol–water partition coefficient (Wildman–Crippen LogP) is 6.84. The number of hydrogen-bond donors (Lipinski definition) is 1. The summed E-state index contributed by atoms with van der Waals surface area (Å²) in [6.07, 6.45) is 1.76. The summed E-state index contributed by atoms with van der Waals surface area (Å²) in [5.74, 6) is -0.508. The first-order valence-corrected chi connectivity index (χ1v) is 12.6. The highest BCUT2D eigenvalue weighted by Crippen LogP contribution is 2.51. The highest BCUT2D eigenvalue weighted by atomic mass is 19.1. The Morgan fingerprint density at radius 2 is 1.68 bits per heavy atom. The molecule has 0 fully saturated rings. The number of hydrogen-bond acceptors (Lipinski definition) is 4. The Morgan fingerprint density at radius 3 is 2.27 bits per heavy atom. The Balaban J connectivity index is 1.77. The Hall–Kier alpha value is -3.80. The molecule has 5 nitrogen and oxygen atoms in total. The van der Waals surface area contributed by atoms with Gasteiger partial charge in [-0.3, -0.25) is 10.0 Å². The van der Waals surface area contributed by atoms with E-state index in [9.17, 15) is 14.3 Å². The summed E-state index contributed by atoms with van der Waals surface area (Å²) in [4.78, 5) is 12.7. The fourth-order valence-electron chi connectivity index (χ4n) is 5.25. The minimum absolute atomic E-state index is 0.146. The van der Waals surface area contributed by atoms with Crippen LogP contribution in [0.15, 0.2) is 66.7 Å². The van der Waals surface area contributed by atoms with Crippen molar-refractivity contribution in [1.29, 1.82) is 0 Å². The molecule has 1 N–H and O–H groups in total. The molecule has 1 atom stereocenters. The van der Waals surface area contributed by atoms with Gasteiger partial charge in [-0.1, -0.05) is 70.5 Å². The zero-order valence-corrected chi connectivity index (χ0v) is 22.2. The summed E-state index contributed by atoms with van der Waals surface area (Å²) in [6.45, 7) is 13.2. The van der Waals surface area contributed by atoms with E-state index in [4.69, 9.17) is 4.74 Å². The minimum Gasteiger partial charge on any atom is -0.492 e. The molecule has 0 saturated carbocycles. The molecule has 0 amide bonds.